The van der Waals surface area contributed by atoms with Gasteiger partial charge < -0.3 is 9.84 Å². The Morgan fingerprint density at radius 2 is 1.96 bits per heavy atom. The molecule has 0 aliphatic carbocycles. The van der Waals surface area contributed by atoms with E-state index < -0.39 is 0 Å². The first kappa shape index (κ1) is 16.9. The maximum atomic E-state index is 12.5. The molecule has 2 heterocycles. The number of carbonyl (C=O) groups is 1. The van der Waals surface area contributed by atoms with E-state index in [0.29, 0.717) is 30.1 Å². The van der Waals surface area contributed by atoms with E-state index in [2.05, 4.69) is 20.6 Å². The Bertz CT molecular complexity index is 835. The second-order valence-corrected chi connectivity index (χ2v) is 6.25. The van der Waals surface area contributed by atoms with Crippen LogP contribution < -0.4 is 5.32 Å². The number of benzene rings is 1. The Hall–Kier alpha value is -2.96. The van der Waals surface area contributed by atoms with Crippen LogP contribution in [-0.2, 0) is 13.1 Å². The molecule has 0 fully saturated rings. The minimum absolute atomic E-state index is 0.109. The monoisotopic (exact) mass is 339 g/mol. The van der Waals surface area contributed by atoms with Crippen molar-refractivity contribution >= 4 is 5.91 Å². The lowest BCUT2D eigenvalue weighted by atomic mass is 10.0. The van der Waals surface area contributed by atoms with Crippen molar-refractivity contribution in [3.8, 4) is 0 Å². The first-order valence-electron chi connectivity index (χ1n) is 8.19. The highest BCUT2D eigenvalue weighted by Crippen LogP contribution is 2.22. The molecular formula is C18H21N5O2. The SMILES string of the molecule is Cc1noc(C(C)C)c1C(=O)NCc1ccc(Cn2cncn2)cc1. The Morgan fingerprint density at radius 1 is 1.24 bits per heavy atom. The fourth-order valence-corrected chi connectivity index (χ4v) is 2.59. The first-order valence-corrected chi connectivity index (χ1v) is 8.19. The van der Waals surface area contributed by atoms with Crippen LogP contribution in [-0.4, -0.2) is 25.8 Å². The van der Waals surface area contributed by atoms with Crippen molar-refractivity contribution in [2.24, 2.45) is 0 Å². The molecule has 0 saturated carbocycles. The molecule has 25 heavy (non-hydrogen) atoms. The van der Waals surface area contributed by atoms with Gasteiger partial charge in [-0.2, -0.15) is 5.10 Å². The van der Waals surface area contributed by atoms with Crippen LogP contribution in [0, 0.1) is 6.92 Å². The summed E-state index contributed by atoms with van der Waals surface area (Å²) in [6.07, 6.45) is 3.20. The van der Waals surface area contributed by atoms with Crippen molar-refractivity contribution in [1.82, 2.24) is 25.2 Å². The molecule has 1 aromatic carbocycles. The van der Waals surface area contributed by atoms with Crippen molar-refractivity contribution in [3.63, 3.8) is 0 Å². The van der Waals surface area contributed by atoms with Gasteiger partial charge in [0, 0.05) is 12.5 Å². The summed E-state index contributed by atoms with van der Waals surface area (Å²) in [5.74, 6) is 0.574. The molecule has 3 rings (SSSR count). The highest BCUT2D eigenvalue weighted by molar-refractivity contribution is 5.96. The highest BCUT2D eigenvalue weighted by atomic mass is 16.5. The number of aromatic nitrogens is 4. The molecule has 1 N–H and O–H groups in total. The van der Waals surface area contributed by atoms with E-state index >= 15 is 0 Å². The molecule has 0 aliphatic rings. The average molecular weight is 339 g/mol. The molecule has 0 spiro atoms. The summed E-state index contributed by atoms with van der Waals surface area (Å²) in [6, 6.07) is 8.04. The third-order valence-electron chi connectivity index (χ3n) is 3.93. The zero-order valence-electron chi connectivity index (χ0n) is 14.6. The van der Waals surface area contributed by atoms with E-state index in [9.17, 15) is 4.79 Å². The van der Waals surface area contributed by atoms with Crippen LogP contribution in [0.2, 0.25) is 0 Å². The maximum absolute atomic E-state index is 12.5. The number of carbonyl (C=O) groups excluding carboxylic acids is 1. The zero-order valence-corrected chi connectivity index (χ0v) is 14.6. The Kier molecular flexibility index (Phi) is 4.92. The number of hydrogen-bond donors (Lipinski definition) is 1. The maximum Gasteiger partial charge on any atom is 0.257 e. The molecule has 3 aromatic rings. The van der Waals surface area contributed by atoms with Gasteiger partial charge in [-0.25, -0.2) is 9.67 Å². The van der Waals surface area contributed by atoms with Crippen LogP contribution in [0.25, 0.3) is 0 Å². The summed E-state index contributed by atoms with van der Waals surface area (Å²) in [5.41, 5.74) is 3.30. The van der Waals surface area contributed by atoms with E-state index in [-0.39, 0.29) is 11.8 Å². The van der Waals surface area contributed by atoms with Crippen LogP contribution >= 0.6 is 0 Å². The van der Waals surface area contributed by atoms with Gasteiger partial charge in [0.25, 0.3) is 5.91 Å². The summed E-state index contributed by atoms with van der Waals surface area (Å²) >= 11 is 0. The summed E-state index contributed by atoms with van der Waals surface area (Å²) in [6.45, 7) is 6.85. The number of hydrogen-bond acceptors (Lipinski definition) is 5. The van der Waals surface area contributed by atoms with Crippen LogP contribution in [0.5, 0.6) is 0 Å². The molecule has 0 radical (unpaired) electrons. The van der Waals surface area contributed by atoms with Crippen molar-refractivity contribution in [1.29, 1.82) is 0 Å². The van der Waals surface area contributed by atoms with Crippen molar-refractivity contribution in [2.75, 3.05) is 0 Å². The number of nitrogens with one attached hydrogen (secondary N) is 1. The number of rotatable bonds is 6. The van der Waals surface area contributed by atoms with Gasteiger partial charge in [-0.15, -0.1) is 0 Å². The molecule has 0 saturated heterocycles. The summed E-state index contributed by atoms with van der Waals surface area (Å²) < 4.78 is 7.03. The van der Waals surface area contributed by atoms with E-state index in [1.807, 2.05) is 38.1 Å². The van der Waals surface area contributed by atoms with Gasteiger partial charge in [-0.1, -0.05) is 43.3 Å². The molecule has 130 valence electrons. The van der Waals surface area contributed by atoms with Crippen LogP contribution in [0.4, 0.5) is 0 Å². The van der Waals surface area contributed by atoms with Gasteiger partial charge in [-0.3, -0.25) is 4.79 Å². The molecule has 0 atom stereocenters. The van der Waals surface area contributed by atoms with Crippen molar-refractivity contribution in [2.45, 2.75) is 39.8 Å². The normalized spacial score (nSPS) is 11.0. The molecule has 0 unspecified atom stereocenters. The number of nitrogens with zero attached hydrogens (tertiary/aromatic N) is 4. The lowest BCUT2D eigenvalue weighted by Crippen LogP contribution is -2.24. The molecular weight excluding hydrogens is 318 g/mol. The topological polar surface area (TPSA) is 85.8 Å². The minimum Gasteiger partial charge on any atom is -0.360 e. The van der Waals surface area contributed by atoms with Crippen LogP contribution in [0.15, 0.2) is 41.4 Å². The smallest absolute Gasteiger partial charge is 0.257 e. The summed E-state index contributed by atoms with van der Waals surface area (Å²) in [7, 11) is 0. The Balaban J connectivity index is 1.62. The van der Waals surface area contributed by atoms with Crippen molar-refractivity contribution < 1.29 is 9.32 Å². The Morgan fingerprint density at radius 3 is 2.60 bits per heavy atom. The minimum atomic E-state index is -0.158. The van der Waals surface area contributed by atoms with Gasteiger partial charge in [0.2, 0.25) is 0 Å². The largest absolute Gasteiger partial charge is 0.360 e. The fraction of sp³-hybridized carbons (Fsp3) is 0.333. The van der Waals surface area contributed by atoms with Crippen LogP contribution in [0.3, 0.4) is 0 Å². The van der Waals surface area contributed by atoms with Crippen LogP contribution in [0.1, 0.15) is 52.7 Å². The average Bonchev–Trinajstić information content (AvgIpc) is 3.23. The zero-order chi connectivity index (χ0) is 17.8. The van der Waals surface area contributed by atoms with Gasteiger partial charge in [0.1, 0.15) is 18.2 Å². The predicted octanol–water partition coefficient (Wildman–Crippen LogP) is 2.68. The Labute approximate surface area is 146 Å². The molecule has 2 aromatic heterocycles. The predicted molar refractivity (Wildman–Crippen MR) is 92.1 cm³/mol. The first-order chi connectivity index (χ1) is 12.0. The molecule has 7 heteroatoms. The molecule has 0 aliphatic heterocycles. The van der Waals surface area contributed by atoms with E-state index in [1.54, 1.807) is 17.9 Å². The highest BCUT2D eigenvalue weighted by Gasteiger charge is 2.22. The molecule has 7 nitrogen and oxygen atoms in total. The summed E-state index contributed by atoms with van der Waals surface area (Å²) in [5, 5.41) is 10.9. The number of amides is 1. The molecule has 1 amide bonds. The standard InChI is InChI=1S/C18H21N5O2/c1-12(2)17-16(13(3)22-25-17)18(24)20-8-14-4-6-15(7-5-14)9-23-11-19-10-21-23/h4-7,10-12H,8-9H2,1-3H3,(H,20,24). The van der Waals surface area contributed by atoms with E-state index in [1.165, 1.54) is 6.33 Å². The van der Waals surface area contributed by atoms with Crippen molar-refractivity contribution in [3.05, 3.63) is 65.1 Å². The van der Waals surface area contributed by atoms with Gasteiger partial charge in [0.05, 0.1) is 12.2 Å². The van der Waals surface area contributed by atoms with Gasteiger partial charge in [0.15, 0.2) is 5.76 Å². The lowest BCUT2D eigenvalue weighted by Gasteiger charge is -2.08. The lowest BCUT2D eigenvalue weighted by molar-refractivity contribution is 0.0948. The third-order valence-corrected chi connectivity index (χ3v) is 3.93. The quantitative estimate of drug-likeness (QED) is 0.746. The number of aryl methyl sites for hydroxylation is 1. The summed E-state index contributed by atoms with van der Waals surface area (Å²) in [4.78, 5) is 16.4. The second kappa shape index (κ2) is 7.29. The van der Waals surface area contributed by atoms with E-state index in [0.717, 1.165) is 11.1 Å². The van der Waals surface area contributed by atoms with E-state index in [4.69, 9.17) is 4.52 Å². The molecule has 0 bridgehead atoms. The third kappa shape index (κ3) is 3.93. The van der Waals surface area contributed by atoms with Gasteiger partial charge in [-0.05, 0) is 18.1 Å². The second-order valence-electron chi connectivity index (χ2n) is 6.25. The fourth-order valence-electron chi connectivity index (χ4n) is 2.59. The van der Waals surface area contributed by atoms with Gasteiger partial charge >= 0.3 is 0 Å².